The van der Waals surface area contributed by atoms with E-state index in [1.807, 2.05) is 13.8 Å². The smallest absolute Gasteiger partial charge is 0.408 e. The van der Waals surface area contributed by atoms with Gasteiger partial charge in [-0.3, -0.25) is 4.79 Å². The molecule has 15 heavy (non-hydrogen) atoms. The molecule has 5 nitrogen and oxygen atoms in total. The summed E-state index contributed by atoms with van der Waals surface area (Å²) >= 11 is 0. The summed E-state index contributed by atoms with van der Waals surface area (Å²) < 4.78 is 5.09. The number of carbonyl (C=O) groups excluding carboxylic acids is 1. The fourth-order valence-corrected chi connectivity index (χ4v) is 1.46. The summed E-state index contributed by atoms with van der Waals surface area (Å²) in [5, 5.41) is 10.5. The molecular formula is C10H19NO4. The second kappa shape index (κ2) is 5.58. The summed E-state index contributed by atoms with van der Waals surface area (Å²) in [7, 11) is 0. The van der Waals surface area contributed by atoms with Crippen molar-refractivity contribution in [1.82, 2.24) is 5.32 Å². The van der Waals surface area contributed by atoms with E-state index in [0.29, 0.717) is 5.92 Å². The van der Waals surface area contributed by atoms with Crippen LogP contribution in [0.4, 0.5) is 4.79 Å². The fraction of sp³-hybridized carbons (Fsp3) is 0.800. The number of ether oxygens (including phenoxy) is 1. The third-order valence-corrected chi connectivity index (χ3v) is 1.65. The highest BCUT2D eigenvalue weighted by Gasteiger charge is 2.24. The van der Waals surface area contributed by atoms with Gasteiger partial charge in [-0.2, -0.15) is 0 Å². The molecule has 0 spiro atoms. The normalized spacial score (nSPS) is 11.3. The van der Waals surface area contributed by atoms with Gasteiger partial charge in [0.1, 0.15) is 12.1 Å². The Bertz CT molecular complexity index is 236. The Morgan fingerprint density at radius 2 is 1.93 bits per heavy atom. The third kappa shape index (κ3) is 7.78. The number of rotatable bonds is 5. The van der Waals surface area contributed by atoms with E-state index >= 15 is 0 Å². The molecule has 0 aromatic carbocycles. The van der Waals surface area contributed by atoms with Crippen LogP contribution in [0.15, 0.2) is 0 Å². The topological polar surface area (TPSA) is 75.6 Å². The third-order valence-electron chi connectivity index (χ3n) is 1.65. The molecule has 0 aliphatic heterocycles. The van der Waals surface area contributed by atoms with E-state index in [2.05, 4.69) is 5.32 Å². The number of carboxylic acids is 1. The van der Waals surface area contributed by atoms with Gasteiger partial charge < -0.3 is 15.2 Å². The molecule has 0 aliphatic carbocycles. The van der Waals surface area contributed by atoms with E-state index in [9.17, 15) is 9.59 Å². The number of hydrogen-bond acceptors (Lipinski definition) is 3. The first-order valence-corrected chi connectivity index (χ1v) is 4.91. The molecule has 0 aromatic heterocycles. The Kier molecular flexibility index (Phi) is 5.11. The second-order valence-corrected chi connectivity index (χ2v) is 4.49. The quantitative estimate of drug-likeness (QED) is 0.733. The number of carboxylic acid groups (broad SMARTS) is 1. The summed E-state index contributed by atoms with van der Waals surface area (Å²) in [6.45, 7) is 7.23. The molecule has 0 radical (unpaired) electrons. The SMILES string of the molecule is CC(C)CC(C)(C)OC(=O)NCC(=O)O. The Hall–Kier alpha value is -1.26. The lowest BCUT2D eigenvalue weighted by molar-refractivity contribution is -0.136. The van der Waals surface area contributed by atoms with Crippen molar-refractivity contribution in [2.45, 2.75) is 39.7 Å². The highest BCUT2D eigenvalue weighted by atomic mass is 16.6. The average Bonchev–Trinajstić information content (AvgIpc) is 1.96. The first kappa shape index (κ1) is 13.7. The van der Waals surface area contributed by atoms with Gasteiger partial charge in [-0.1, -0.05) is 13.8 Å². The first-order chi connectivity index (χ1) is 6.73. The van der Waals surface area contributed by atoms with Crippen LogP contribution in [0.1, 0.15) is 34.1 Å². The molecule has 0 saturated carbocycles. The minimum absolute atomic E-state index is 0.410. The molecule has 0 aromatic rings. The maximum Gasteiger partial charge on any atom is 0.408 e. The van der Waals surface area contributed by atoms with Gasteiger partial charge in [0.05, 0.1) is 0 Å². The molecule has 5 heteroatoms. The van der Waals surface area contributed by atoms with E-state index in [4.69, 9.17) is 9.84 Å². The Morgan fingerprint density at radius 1 is 1.40 bits per heavy atom. The predicted molar refractivity (Wildman–Crippen MR) is 55.7 cm³/mol. The summed E-state index contributed by atoms with van der Waals surface area (Å²) in [4.78, 5) is 21.3. The highest BCUT2D eigenvalue weighted by Crippen LogP contribution is 2.19. The van der Waals surface area contributed by atoms with Crippen LogP contribution in [0.5, 0.6) is 0 Å². The van der Waals surface area contributed by atoms with E-state index in [-0.39, 0.29) is 0 Å². The molecule has 2 N–H and O–H groups in total. The second-order valence-electron chi connectivity index (χ2n) is 4.49. The Morgan fingerprint density at radius 3 is 2.33 bits per heavy atom. The number of hydrogen-bond donors (Lipinski definition) is 2. The van der Waals surface area contributed by atoms with Crippen molar-refractivity contribution in [2.75, 3.05) is 6.54 Å². The first-order valence-electron chi connectivity index (χ1n) is 4.91. The minimum atomic E-state index is -1.09. The molecule has 88 valence electrons. The standard InChI is InChI=1S/C10H19NO4/c1-7(2)5-10(3,4)15-9(14)11-6-8(12)13/h7H,5-6H2,1-4H3,(H,11,14)(H,12,13). The predicted octanol–water partition coefficient (Wildman–Crippen LogP) is 1.62. The number of nitrogens with one attached hydrogen (secondary N) is 1. The van der Waals surface area contributed by atoms with Crippen LogP contribution in [-0.4, -0.2) is 29.3 Å². The zero-order chi connectivity index (χ0) is 12.1. The van der Waals surface area contributed by atoms with E-state index < -0.39 is 24.2 Å². The van der Waals surface area contributed by atoms with Crippen LogP contribution >= 0.6 is 0 Å². The van der Waals surface area contributed by atoms with Crippen molar-refractivity contribution in [3.8, 4) is 0 Å². The zero-order valence-corrected chi connectivity index (χ0v) is 9.66. The van der Waals surface area contributed by atoms with Crippen molar-refractivity contribution in [2.24, 2.45) is 5.92 Å². The van der Waals surface area contributed by atoms with E-state index in [1.165, 1.54) is 0 Å². The highest BCUT2D eigenvalue weighted by molar-refractivity contribution is 5.76. The molecule has 0 atom stereocenters. The number of alkyl carbamates (subject to hydrolysis) is 1. The van der Waals surface area contributed by atoms with Crippen molar-refractivity contribution in [3.05, 3.63) is 0 Å². The van der Waals surface area contributed by atoms with Crippen LogP contribution < -0.4 is 5.32 Å². The Labute approximate surface area is 89.8 Å². The molecule has 0 aliphatic rings. The number of amides is 1. The van der Waals surface area contributed by atoms with Gasteiger partial charge in [0.2, 0.25) is 0 Å². The lowest BCUT2D eigenvalue weighted by Gasteiger charge is -2.26. The van der Waals surface area contributed by atoms with E-state index in [1.54, 1.807) is 13.8 Å². The monoisotopic (exact) mass is 217 g/mol. The van der Waals surface area contributed by atoms with Gasteiger partial charge in [-0.15, -0.1) is 0 Å². The summed E-state index contributed by atoms with van der Waals surface area (Å²) in [5.41, 5.74) is -0.573. The number of carbonyl (C=O) groups is 2. The van der Waals surface area contributed by atoms with Gasteiger partial charge in [0.15, 0.2) is 0 Å². The van der Waals surface area contributed by atoms with Gasteiger partial charge in [0.25, 0.3) is 0 Å². The lowest BCUT2D eigenvalue weighted by atomic mass is 9.96. The lowest BCUT2D eigenvalue weighted by Crippen LogP contribution is -2.37. The molecule has 0 fully saturated rings. The van der Waals surface area contributed by atoms with Crippen LogP contribution in [0.2, 0.25) is 0 Å². The number of aliphatic carboxylic acids is 1. The summed E-state index contributed by atoms with van der Waals surface area (Å²) in [5.74, 6) is -0.680. The molecule has 0 heterocycles. The summed E-state index contributed by atoms with van der Waals surface area (Å²) in [6.07, 6.45) is 0.0380. The van der Waals surface area contributed by atoms with Crippen LogP contribution in [0.25, 0.3) is 0 Å². The maximum absolute atomic E-state index is 11.1. The van der Waals surface area contributed by atoms with Crippen molar-refractivity contribution in [3.63, 3.8) is 0 Å². The maximum atomic E-state index is 11.1. The van der Waals surface area contributed by atoms with Crippen LogP contribution in [0.3, 0.4) is 0 Å². The van der Waals surface area contributed by atoms with E-state index in [0.717, 1.165) is 6.42 Å². The molecule has 0 saturated heterocycles. The molecular weight excluding hydrogens is 198 g/mol. The zero-order valence-electron chi connectivity index (χ0n) is 9.66. The minimum Gasteiger partial charge on any atom is -0.480 e. The van der Waals surface area contributed by atoms with Crippen LogP contribution in [-0.2, 0) is 9.53 Å². The molecule has 1 amide bonds. The van der Waals surface area contributed by atoms with Gasteiger partial charge in [0, 0.05) is 0 Å². The van der Waals surface area contributed by atoms with Crippen molar-refractivity contribution < 1.29 is 19.4 Å². The summed E-state index contributed by atoms with van der Waals surface area (Å²) in [6, 6.07) is 0. The average molecular weight is 217 g/mol. The Balaban J connectivity index is 3.98. The fourth-order valence-electron chi connectivity index (χ4n) is 1.46. The largest absolute Gasteiger partial charge is 0.480 e. The molecule has 0 bridgehead atoms. The van der Waals surface area contributed by atoms with Gasteiger partial charge in [-0.25, -0.2) is 4.79 Å². The van der Waals surface area contributed by atoms with Gasteiger partial charge >= 0.3 is 12.1 Å². The molecule has 0 unspecified atom stereocenters. The van der Waals surface area contributed by atoms with Crippen molar-refractivity contribution >= 4 is 12.1 Å². The van der Waals surface area contributed by atoms with Gasteiger partial charge in [-0.05, 0) is 26.2 Å². The van der Waals surface area contributed by atoms with Crippen LogP contribution in [0, 0.1) is 5.92 Å². The van der Waals surface area contributed by atoms with Crippen molar-refractivity contribution in [1.29, 1.82) is 0 Å². The molecule has 0 rings (SSSR count).